The van der Waals surface area contributed by atoms with E-state index in [-0.39, 0.29) is 11.6 Å². The quantitative estimate of drug-likeness (QED) is 0.713. The smallest absolute Gasteiger partial charge is 0.168 e. The van der Waals surface area contributed by atoms with Crippen LogP contribution in [0.25, 0.3) is 10.9 Å². The van der Waals surface area contributed by atoms with E-state index in [0.29, 0.717) is 17.0 Å². The third-order valence-electron chi connectivity index (χ3n) is 3.10. The van der Waals surface area contributed by atoms with Crippen molar-refractivity contribution in [3.05, 3.63) is 60.0 Å². The highest BCUT2D eigenvalue weighted by atomic mass is 19.1. The first-order valence-corrected chi connectivity index (χ1v) is 6.22. The van der Waals surface area contributed by atoms with E-state index in [1.807, 2.05) is 6.07 Å². The van der Waals surface area contributed by atoms with Gasteiger partial charge in [0, 0.05) is 17.3 Å². The number of aryl methyl sites for hydroxylation is 1. The van der Waals surface area contributed by atoms with E-state index in [1.54, 1.807) is 49.5 Å². The van der Waals surface area contributed by atoms with Crippen LogP contribution in [0.3, 0.4) is 0 Å². The fourth-order valence-corrected chi connectivity index (χ4v) is 2.05. The summed E-state index contributed by atoms with van der Waals surface area (Å²) in [5.41, 5.74) is 7.62. The zero-order valence-electron chi connectivity index (χ0n) is 10.9. The van der Waals surface area contributed by atoms with Gasteiger partial charge in [-0.2, -0.15) is 0 Å². The van der Waals surface area contributed by atoms with Crippen molar-refractivity contribution in [3.8, 4) is 11.5 Å². The predicted molar refractivity (Wildman–Crippen MR) is 77.4 cm³/mol. The van der Waals surface area contributed by atoms with E-state index >= 15 is 0 Å². The highest BCUT2D eigenvalue weighted by molar-refractivity contribution is 5.87. The van der Waals surface area contributed by atoms with Gasteiger partial charge in [0.1, 0.15) is 5.75 Å². The van der Waals surface area contributed by atoms with Crippen molar-refractivity contribution in [2.45, 2.75) is 6.92 Å². The van der Waals surface area contributed by atoms with Gasteiger partial charge in [-0.1, -0.05) is 12.1 Å². The number of hydrogen-bond acceptors (Lipinski definition) is 3. The number of fused-ring (bicyclic) bond motifs is 1. The predicted octanol–water partition coefficient (Wildman–Crippen LogP) is 4.06. The summed E-state index contributed by atoms with van der Waals surface area (Å²) in [6.07, 6.45) is 1.62. The van der Waals surface area contributed by atoms with Gasteiger partial charge in [0.25, 0.3) is 0 Å². The molecule has 100 valence electrons. The van der Waals surface area contributed by atoms with Gasteiger partial charge in [0.05, 0.1) is 5.52 Å². The largest absolute Gasteiger partial charge is 0.454 e. The SMILES string of the molecule is Cc1cccc(Oc2ccnc3cc(N)ccc23)c1F. The molecule has 2 N–H and O–H groups in total. The van der Waals surface area contributed by atoms with Gasteiger partial charge < -0.3 is 10.5 Å². The van der Waals surface area contributed by atoms with Crippen LogP contribution in [-0.4, -0.2) is 4.98 Å². The standard InChI is InChI=1S/C16H13FN2O/c1-10-3-2-4-15(16(10)17)20-14-7-8-19-13-9-11(18)5-6-12(13)14/h2-9H,18H2,1H3. The molecule has 0 atom stereocenters. The van der Waals surface area contributed by atoms with E-state index in [4.69, 9.17) is 10.5 Å². The van der Waals surface area contributed by atoms with Crippen LogP contribution in [0.2, 0.25) is 0 Å². The number of hydrogen-bond donors (Lipinski definition) is 1. The summed E-state index contributed by atoms with van der Waals surface area (Å²) in [5.74, 6) is 0.404. The van der Waals surface area contributed by atoms with Crippen molar-refractivity contribution in [1.82, 2.24) is 4.98 Å². The number of halogens is 1. The van der Waals surface area contributed by atoms with Gasteiger partial charge in [-0.25, -0.2) is 4.39 Å². The van der Waals surface area contributed by atoms with Crippen molar-refractivity contribution in [3.63, 3.8) is 0 Å². The molecule has 2 aromatic carbocycles. The number of nitrogens with zero attached hydrogens (tertiary/aromatic N) is 1. The molecule has 3 rings (SSSR count). The lowest BCUT2D eigenvalue weighted by atomic mass is 10.2. The van der Waals surface area contributed by atoms with E-state index < -0.39 is 0 Å². The zero-order valence-corrected chi connectivity index (χ0v) is 10.9. The molecule has 0 bridgehead atoms. The third-order valence-corrected chi connectivity index (χ3v) is 3.10. The van der Waals surface area contributed by atoms with Gasteiger partial charge in [0.2, 0.25) is 0 Å². The van der Waals surface area contributed by atoms with Gasteiger partial charge in [0.15, 0.2) is 11.6 Å². The number of ether oxygens (including phenoxy) is 1. The molecule has 0 aliphatic rings. The lowest BCUT2D eigenvalue weighted by Gasteiger charge is -2.10. The number of nitrogen functional groups attached to an aromatic ring is 1. The third kappa shape index (κ3) is 2.16. The van der Waals surface area contributed by atoms with Crippen molar-refractivity contribution >= 4 is 16.6 Å². The van der Waals surface area contributed by atoms with Crippen LogP contribution in [0.5, 0.6) is 11.5 Å². The van der Waals surface area contributed by atoms with Crippen LogP contribution in [0, 0.1) is 12.7 Å². The molecule has 0 amide bonds. The summed E-state index contributed by atoms with van der Waals surface area (Å²) < 4.78 is 19.7. The summed E-state index contributed by atoms with van der Waals surface area (Å²) in [5, 5.41) is 0.794. The number of benzene rings is 2. The Morgan fingerprint density at radius 1 is 1.10 bits per heavy atom. The summed E-state index contributed by atoms with van der Waals surface area (Å²) in [7, 11) is 0. The molecular formula is C16H13FN2O. The summed E-state index contributed by atoms with van der Waals surface area (Å²) in [6, 6.07) is 12.1. The summed E-state index contributed by atoms with van der Waals surface area (Å²) in [6.45, 7) is 1.70. The van der Waals surface area contributed by atoms with Crippen molar-refractivity contribution in [2.24, 2.45) is 0 Å². The molecule has 0 aliphatic heterocycles. The number of nitrogens with two attached hydrogens (primary N) is 1. The average molecular weight is 268 g/mol. The number of anilines is 1. The van der Waals surface area contributed by atoms with Gasteiger partial charge >= 0.3 is 0 Å². The Kier molecular flexibility index (Phi) is 2.99. The molecule has 1 heterocycles. The maximum Gasteiger partial charge on any atom is 0.168 e. The lowest BCUT2D eigenvalue weighted by molar-refractivity contribution is 0.444. The Bertz CT molecular complexity index is 787. The van der Waals surface area contributed by atoms with E-state index in [0.717, 1.165) is 10.9 Å². The Labute approximate surface area is 115 Å². The van der Waals surface area contributed by atoms with Crippen molar-refractivity contribution in [1.29, 1.82) is 0 Å². The molecule has 0 saturated carbocycles. The Hall–Kier alpha value is -2.62. The fourth-order valence-electron chi connectivity index (χ4n) is 2.05. The van der Waals surface area contributed by atoms with Crippen LogP contribution >= 0.6 is 0 Å². The van der Waals surface area contributed by atoms with E-state index in [9.17, 15) is 4.39 Å². The number of pyridine rings is 1. The highest BCUT2D eigenvalue weighted by Crippen LogP contribution is 2.31. The molecular weight excluding hydrogens is 255 g/mol. The molecule has 3 aromatic rings. The summed E-state index contributed by atoms with van der Waals surface area (Å²) >= 11 is 0. The fraction of sp³-hybridized carbons (Fsp3) is 0.0625. The first-order chi connectivity index (χ1) is 9.65. The van der Waals surface area contributed by atoms with Crippen LogP contribution in [0.15, 0.2) is 48.7 Å². The van der Waals surface area contributed by atoms with Crippen molar-refractivity contribution in [2.75, 3.05) is 5.73 Å². The zero-order chi connectivity index (χ0) is 14.1. The van der Waals surface area contributed by atoms with Crippen LogP contribution in [-0.2, 0) is 0 Å². The van der Waals surface area contributed by atoms with E-state index in [2.05, 4.69) is 4.98 Å². The van der Waals surface area contributed by atoms with Crippen molar-refractivity contribution < 1.29 is 9.13 Å². The molecule has 0 radical (unpaired) electrons. The molecule has 0 unspecified atom stereocenters. The maximum absolute atomic E-state index is 14.0. The van der Waals surface area contributed by atoms with Crippen LogP contribution in [0.4, 0.5) is 10.1 Å². The topological polar surface area (TPSA) is 48.1 Å². The second kappa shape index (κ2) is 4.81. The second-order valence-electron chi connectivity index (χ2n) is 4.57. The molecule has 1 aromatic heterocycles. The minimum absolute atomic E-state index is 0.203. The first-order valence-electron chi connectivity index (χ1n) is 6.22. The molecule has 20 heavy (non-hydrogen) atoms. The molecule has 0 fully saturated rings. The Morgan fingerprint density at radius 2 is 1.95 bits per heavy atom. The summed E-state index contributed by atoms with van der Waals surface area (Å²) in [4.78, 5) is 4.23. The average Bonchev–Trinajstić information content (AvgIpc) is 2.44. The molecule has 0 spiro atoms. The molecule has 0 aliphatic carbocycles. The molecule has 3 nitrogen and oxygen atoms in total. The molecule has 4 heteroatoms. The number of aromatic nitrogens is 1. The maximum atomic E-state index is 14.0. The van der Waals surface area contributed by atoms with Crippen LogP contribution < -0.4 is 10.5 Å². The minimum atomic E-state index is -0.354. The van der Waals surface area contributed by atoms with Gasteiger partial charge in [-0.3, -0.25) is 4.98 Å². The van der Waals surface area contributed by atoms with Crippen LogP contribution in [0.1, 0.15) is 5.56 Å². The normalized spacial score (nSPS) is 10.7. The minimum Gasteiger partial charge on any atom is -0.454 e. The highest BCUT2D eigenvalue weighted by Gasteiger charge is 2.09. The molecule has 0 saturated heterocycles. The van der Waals surface area contributed by atoms with Gasteiger partial charge in [-0.05, 0) is 42.8 Å². The Balaban J connectivity index is 2.09. The van der Waals surface area contributed by atoms with Gasteiger partial charge in [-0.15, -0.1) is 0 Å². The number of rotatable bonds is 2. The lowest BCUT2D eigenvalue weighted by Crippen LogP contribution is -1.93. The monoisotopic (exact) mass is 268 g/mol. The Morgan fingerprint density at radius 3 is 2.80 bits per heavy atom. The second-order valence-corrected chi connectivity index (χ2v) is 4.57. The van der Waals surface area contributed by atoms with E-state index in [1.165, 1.54) is 0 Å². The first kappa shape index (κ1) is 12.4.